The first-order valence-corrected chi connectivity index (χ1v) is 7.45. The maximum Gasteiger partial charge on any atom is 0.326 e. The summed E-state index contributed by atoms with van der Waals surface area (Å²) in [5.41, 5.74) is 0. The predicted molar refractivity (Wildman–Crippen MR) is 74.7 cm³/mol. The van der Waals surface area contributed by atoms with Gasteiger partial charge in [0.2, 0.25) is 5.91 Å². The van der Waals surface area contributed by atoms with E-state index in [1.807, 2.05) is 0 Å². The highest BCUT2D eigenvalue weighted by molar-refractivity contribution is 7.16. The smallest absolute Gasteiger partial charge is 0.326 e. The number of carboxylic acid groups (broad SMARTS) is 1. The minimum absolute atomic E-state index is 0.258. The number of aliphatic carboxylic acids is 1. The molecule has 2 N–H and O–H groups in total. The lowest BCUT2D eigenvalue weighted by Gasteiger charge is -2.17. The maximum absolute atomic E-state index is 12.1. The van der Waals surface area contributed by atoms with Gasteiger partial charge in [0.15, 0.2) is 0 Å². The number of carbonyl (C=O) groups is 2. The summed E-state index contributed by atoms with van der Waals surface area (Å²) >= 11 is 7.18. The quantitative estimate of drug-likeness (QED) is 0.849. The SMILES string of the molecule is CC(C(=O)NC(CC1CC1)C(=O)O)c1ccc(Cl)s1. The van der Waals surface area contributed by atoms with Crippen LogP contribution in [0, 0.1) is 5.92 Å². The third-order valence-electron chi connectivity index (χ3n) is 3.29. The molecule has 0 aromatic carbocycles. The molecule has 0 saturated heterocycles. The molecule has 19 heavy (non-hydrogen) atoms. The average Bonchev–Trinajstić information content (AvgIpc) is 3.07. The van der Waals surface area contributed by atoms with Gasteiger partial charge in [-0.2, -0.15) is 0 Å². The first-order chi connectivity index (χ1) is 8.97. The Kier molecular flexibility index (Phi) is 4.47. The normalized spacial score (nSPS) is 17.8. The molecule has 1 aliphatic rings. The largest absolute Gasteiger partial charge is 0.480 e. The standard InChI is InChI=1S/C13H16ClNO3S/c1-7(10-4-5-11(14)19-10)12(16)15-9(13(17)18)6-8-2-3-8/h4-5,7-9H,2-3,6H2,1H3,(H,15,16)(H,17,18). The molecule has 0 radical (unpaired) electrons. The molecule has 1 heterocycles. The summed E-state index contributed by atoms with van der Waals surface area (Å²) in [6.07, 6.45) is 2.66. The number of carbonyl (C=O) groups excluding carboxylic acids is 1. The van der Waals surface area contributed by atoms with Crippen LogP contribution in [0.25, 0.3) is 0 Å². The summed E-state index contributed by atoms with van der Waals surface area (Å²) in [5, 5.41) is 11.7. The van der Waals surface area contributed by atoms with E-state index in [4.69, 9.17) is 16.7 Å². The Morgan fingerprint density at radius 1 is 1.53 bits per heavy atom. The fourth-order valence-electron chi connectivity index (χ4n) is 1.90. The van der Waals surface area contributed by atoms with Gasteiger partial charge in [-0.15, -0.1) is 11.3 Å². The van der Waals surface area contributed by atoms with Gasteiger partial charge in [0.1, 0.15) is 6.04 Å². The summed E-state index contributed by atoms with van der Waals surface area (Å²) in [6, 6.07) is 2.76. The third-order valence-corrected chi connectivity index (χ3v) is 4.71. The molecule has 1 saturated carbocycles. The van der Waals surface area contributed by atoms with Gasteiger partial charge in [0.25, 0.3) is 0 Å². The number of thiophene rings is 1. The molecule has 0 spiro atoms. The Morgan fingerprint density at radius 2 is 2.21 bits per heavy atom. The minimum Gasteiger partial charge on any atom is -0.480 e. The van der Waals surface area contributed by atoms with Gasteiger partial charge in [0, 0.05) is 4.88 Å². The van der Waals surface area contributed by atoms with Gasteiger partial charge >= 0.3 is 5.97 Å². The van der Waals surface area contributed by atoms with E-state index in [-0.39, 0.29) is 11.8 Å². The lowest BCUT2D eigenvalue weighted by Crippen LogP contribution is -2.42. The Hall–Kier alpha value is -1.07. The topological polar surface area (TPSA) is 66.4 Å². The second-order valence-corrected chi connectivity index (χ2v) is 6.69. The molecule has 4 nitrogen and oxygen atoms in total. The van der Waals surface area contributed by atoms with Crippen LogP contribution in [-0.2, 0) is 9.59 Å². The fraction of sp³-hybridized carbons (Fsp3) is 0.538. The summed E-state index contributed by atoms with van der Waals surface area (Å²) in [6.45, 7) is 1.76. The number of hydrogen-bond acceptors (Lipinski definition) is 3. The second kappa shape index (κ2) is 5.92. The number of hydrogen-bond donors (Lipinski definition) is 2. The van der Waals surface area contributed by atoms with Gasteiger partial charge in [0.05, 0.1) is 10.3 Å². The lowest BCUT2D eigenvalue weighted by atomic mass is 10.1. The highest BCUT2D eigenvalue weighted by Gasteiger charge is 2.31. The molecule has 2 atom stereocenters. The van der Waals surface area contributed by atoms with Gasteiger partial charge in [-0.1, -0.05) is 24.4 Å². The highest BCUT2D eigenvalue weighted by atomic mass is 35.5. The van der Waals surface area contributed by atoms with Crippen molar-refractivity contribution in [3.05, 3.63) is 21.3 Å². The van der Waals surface area contributed by atoms with Crippen molar-refractivity contribution in [2.45, 2.75) is 38.1 Å². The maximum atomic E-state index is 12.1. The van der Waals surface area contributed by atoms with Crippen LogP contribution in [0.4, 0.5) is 0 Å². The zero-order valence-electron chi connectivity index (χ0n) is 10.6. The average molecular weight is 302 g/mol. The zero-order valence-corrected chi connectivity index (χ0v) is 12.1. The van der Waals surface area contributed by atoms with Crippen molar-refractivity contribution in [2.24, 2.45) is 5.92 Å². The minimum atomic E-state index is -0.961. The van der Waals surface area contributed by atoms with Crippen LogP contribution in [-0.4, -0.2) is 23.0 Å². The number of amides is 1. The van der Waals surface area contributed by atoms with E-state index in [1.165, 1.54) is 11.3 Å². The van der Waals surface area contributed by atoms with E-state index >= 15 is 0 Å². The Balaban J connectivity index is 1.95. The molecule has 104 valence electrons. The summed E-state index contributed by atoms with van der Waals surface area (Å²) in [7, 11) is 0. The molecule has 6 heteroatoms. The van der Waals surface area contributed by atoms with Crippen molar-refractivity contribution in [1.82, 2.24) is 5.32 Å². The summed E-state index contributed by atoms with van der Waals surface area (Å²) < 4.78 is 0.627. The third kappa shape index (κ3) is 3.94. The van der Waals surface area contributed by atoms with Crippen LogP contribution < -0.4 is 5.32 Å². The molecule has 1 fully saturated rings. The van der Waals surface area contributed by atoms with Crippen LogP contribution in [0.15, 0.2) is 12.1 Å². The van der Waals surface area contributed by atoms with Crippen LogP contribution in [0.5, 0.6) is 0 Å². The molecule has 1 amide bonds. The molecular weight excluding hydrogens is 286 g/mol. The Labute approximate surface area is 120 Å². The monoisotopic (exact) mass is 301 g/mol. The van der Waals surface area contributed by atoms with Crippen LogP contribution in [0.1, 0.15) is 37.0 Å². The molecular formula is C13H16ClNO3S. The van der Waals surface area contributed by atoms with E-state index < -0.39 is 12.0 Å². The van der Waals surface area contributed by atoms with Gasteiger partial charge < -0.3 is 10.4 Å². The van der Waals surface area contributed by atoms with Gasteiger partial charge in [-0.25, -0.2) is 4.79 Å². The molecule has 1 aliphatic carbocycles. The number of halogens is 1. The van der Waals surface area contributed by atoms with Crippen molar-refractivity contribution < 1.29 is 14.7 Å². The first-order valence-electron chi connectivity index (χ1n) is 6.25. The number of rotatable bonds is 6. The Morgan fingerprint density at radius 3 is 2.68 bits per heavy atom. The van der Waals surface area contributed by atoms with Crippen molar-refractivity contribution in [2.75, 3.05) is 0 Å². The van der Waals surface area contributed by atoms with Gasteiger partial charge in [-0.3, -0.25) is 4.79 Å². The van der Waals surface area contributed by atoms with E-state index in [0.29, 0.717) is 16.7 Å². The zero-order chi connectivity index (χ0) is 14.0. The fourth-order valence-corrected chi connectivity index (χ4v) is 3.01. The van der Waals surface area contributed by atoms with Crippen molar-refractivity contribution in [3.8, 4) is 0 Å². The highest BCUT2D eigenvalue weighted by Crippen LogP contribution is 2.34. The van der Waals surface area contributed by atoms with Gasteiger partial charge in [-0.05, 0) is 31.4 Å². The molecule has 2 unspecified atom stereocenters. The number of carboxylic acids is 1. The van der Waals surface area contributed by atoms with E-state index in [1.54, 1.807) is 19.1 Å². The lowest BCUT2D eigenvalue weighted by molar-refractivity contribution is -0.142. The van der Waals surface area contributed by atoms with Crippen molar-refractivity contribution in [1.29, 1.82) is 0 Å². The van der Waals surface area contributed by atoms with Crippen molar-refractivity contribution in [3.63, 3.8) is 0 Å². The van der Waals surface area contributed by atoms with Crippen LogP contribution in [0.2, 0.25) is 4.34 Å². The first kappa shape index (κ1) is 14.3. The van der Waals surface area contributed by atoms with Crippen LogP contribution in [0.3, 0.4) is 0 Å². The summed E-state index contributed by atoms with van der Waals surface area (Å²) in [4.78, 5) is 24.0. The van der Waals surface area contributed by atoms with E-state index in [9.17, 15) is 9.59 Å². The molecule has 1 aromatic heterocycles. The van der Waals surface area contributed by atoms with Crippen LogP contribution >= 0.6 is 22.9 Å². The van der Waals surface area contributed by atoms with Crippen molar-refractivity contribution >= 4 is 34.8 Å². The summed E-state index contributed by atoms with van der Waals surface area (Å²) in [5.74, 6) is -1.14. The molecule has 1 aromatic rings. The molecule has 0 bridgehead atoms. The Bertz CT molecular complexity index is 484. The predicted octanol–water partition coefficient (Wildman–Crippen LogP) is 2.87. The molecule has 0 aliphatic heterocycles. The van der Waals surface area contributed by atoms with E-state index in [2.05, 4.69) is 5.32 Å². The number of nitrogens with one attached hydrogen (secondary N) is 1. The van der Waals surface area contributed by atoms with E-state index in [0.717, 1.165) is 17.7 Å². The molecule has 2 rings (SSSR count). The second-order valence-electron chi connectivity index (χ2n) is 4.94.